The van der Waals surface area contributed by atoms with E-state index in [0.717, 1.165) is 19.9 Å². The first-order chi connectivity index (χ1) is 6.83. The number of alkyl halides is 1. The van der Waals surface area contributed by atoms with Crippen LogP contribution in [0.25, 0.3) is 10.9 Å². The van der Waals surface area contributed by atoms with Crippen LogP contribution in [-0.4, -0.2) is 21.9 Å². The molecule has 5 heteroatoms. The van der Waals surface area contributed by atoms with Gasteiger partial charge >= 0.3 is 0 Å². The largest absolute Gasteiger partial charge is 0.395 e. The number of fused-ring (bicyclic) bond motifs is 1. The molecule has 1 aromatic heterocycles. The van der Waals surface area contributed by atoms with Crippen LogP contribution in [0, 0.1) is 3.70 Å². The van der Waals surface area contributed by atoms with Gasteiger partial charge in [0, 0.05) is 10.7 Å². The quantitative estimate of drug-likeness (QED) is 0.616. The zero-order valence-corrected chi connectivity index (χ0v) is 11.0. The van der Waals surface area contributed by atoms with Crippen LogP contribution < -0.4 is 4.84 Å². The minimum Gasteiger partial charge on any atom is -0.395 e. The highest BCUT2D eigenvalue weighted by molar-refractivity contribution is 14.1. The Hall–Kier alpha value is -0.300. The van der Waals surface area contributed by atoms with Gasteiger partial charge < -0.3 is 4.84 Å². The lowest BCUT2D eigenvalue weighted by molar-refractivity contribution is 0.104. The van der Waals surface area contributed by atoms with E-state index in [1.54, 1.807) is 4.85 Å². The number of hydrogen-bond donors (Lipinski definition) is 0. The van der Waals surface area contributed by atoms with Gasteiger partial charge in [-0.25, -0.2) is 0 Å². The Balaban J connectivity index is 2.44. The zero-order valence-electron chi connectivity index (χ0n) is 7.28. The van der Waals surface area contributed by atoms with Gasteiger partial charge in [0.1, 0.15) is 15.8 Å². The number of aromatic nitrogens is 2. The second kappa shape index (κ2) is 4.48. The van der Waals surface area contributed by atoms with Crippen molar-refractivity contribution in [1.82, 2.24) is 9.94 Å². The topological polar surface area (TPSA) is 27.1 Å². The van der Waals surface area contributed by atoms with E-state index in [-0.39, 0.29) is 0 Å². The van der Waals surface area contributed by atoms with Crippen LogP contribution in [0.3, 0.4) is 0 Å². The lowest BCUT2D eigenvalue weighted by Crippen LogP contribution is -2.14. The lowest BCUT2D eigenvalue weighted by atomic mass is 10.3. The summed E-state index contributed by atoms with van der Waals surface area (Å²) in [6.45, 7) is 0.613. The maximum Gasteiger partial charge on any atom is 0.134 e. The van der Waals surface area contributed by atoms with Gasteiger partial charge in [0.2, 0.25) is 0 Å². The summed E-state index contributed by atoms with van der Waals surface area (Å²) in [5, 5.41) is 6.22. The van der Waals surface area contributed by atoms with Crippen molar-refractivity contribution in [2.45, 2.75) is 0 Å². The van der Waals surface area contributed by atoms with Crippen LogP contribution in [0.5, 0.6) is 0 Å². The van der Waals surface area contributed by atoms with Crippen LogP contribution >= 0.6 is 38.5 Å². The van der Waals surface area contributed by atoms with E-state index in [1.165, 1.54) is 0 Å². The van der Waals surface area contributed by atoms with Crippen molar-refractivity contribution >= 4 is 49.4 Å². The van der Waals surface area contributed by atoms with E-state index in [4.69, 9.17) is 4.84 Å². The van der Waals surface area contributed by atoms with Crippen LogP contribution in [0.2, 0.25) is 0 Å². The molecule has 1 aromatic carbocycles. The number of hydrogen-bond acceptors (Lipinski definition) is 2. The minimum atomic E-state index is 0.613. The third-order valence-corrected chi connectivity index (χ3v) is 2.92. The normalized spacial score (nSPS) is 10.7. The standard InChI is InChI=1S/C9H8BrIN2O/c10-5-6-14-13-8-4-2-1-3-7(8)9(11)12-13/h1-4H,5-6H2. The minimum absolute atomic E-state index is 0.613. The summed E-state index contributed by atoms with van der Waals surface area (Å²) in [5.41, 5.74) is 1.01. The van der Waals surface area contributed by atoms with Crippen molar-refractivity contribution in [3.05, 3.63) is 28.0 Å². The van der Waals surface area contributed by atoms with Crippen molar-refractivity contribution < 1.29 is 4.84 Å². The van der Waals surface area contributed by atoms with Gasteiger partial charge in [-0.1, -0.05) is 32.9 Å². The molecular formula is C9H8BrIN2O. The monoisotopic (exact) mass is 366 g/mol. The molecule has 14 heavy (non-hydrogen) atoms. The van der Waals surface area contributed by atoms with Gasteiger partial charge in [0.15, 0.2) is 0 Å². The molecular weight excluding hydrogens is 359 g/mol. The van der Waals surface area contributed by atoms with Crippen molar-refractivity contribution in [2.24, 2.45) is 0 Å². The maximum absolute atomic E-state index is 5.44. The Morgan fingerprint density at radius 1 is 1.43 bits per heavy atom. The van der Waals surface area contributed by atoms with Crippen molar-refractivity contribution in [1.29, 1.82) is 0 Å². The predicted octanol–water partition coefficient (Wildman–Crippen LogP) is 2.46. The third-order valence-electron chi connectivity index (χ3n) is 1.80. The molecule has 3 nitrogen and oxygen atoms in total. The molecule has 0 N–H and O–H groups in total. The second-order valence-corrected chi connectivity index (χ2v) is 4.52. The first-order valence-electron chi connectivity index (χ1n) is 4.15. The van der Waals surface area contributed by atoms with Gasteiger partial charge in [0.05, 0.1) is 0 Å². The van der Waals surface area contributed by atoms with Gasteiger partial charge in [-0.15, -0.1) is 5.10 Å². The van der Waals surface area contributed by atoms with Gasteiger partial charge in [-0.2, -0.15) is 0 Å². The SMILES string of the molecule is BrCCOn1nc(I)c2ccccc21. The number of halogens is 2. The van der Waals surface area contributed by atoms with E-state index in [2.05, 4.69) is 43.6 Å². The molecule has 0 spiro atoms. The van der Waals surface area contributed by atoms with Crippen LogP contribution in [0.1, 0.15) is 0 Å². The first-order valence-corrected chi connectivity index (χ1v) is 6.35. The van der Waals surface area contributed by atoms with Gasteiger partial charge in [0.25, 0.3) is 0 Å². The van der Waals surface area contributed by atoms with Crippen LogP contribution in [0.15, 0.2) is 24.3 Å². The highest BCUT2D eigenvalue weighted by Gasteiger charge is 2.07. The molecule has 0 fully saturated rings. The molecule has 2 aromatic rings. The average molecular weight is 367 g/mol. The molecule has 0 aliphatic heterocycles. The number of rotatable bonds is 3. The predicted molar refractivity (Wildman–Crippen MR) is 67.7 cm³/mol. The molecule has 0 amide bonds. The molecule has 0 radical (unpaired) electrons. The molecule has 0 bridgehead atoms. The highest BCUT2D eigenvalue weighted by atomic mass is 127. The van der Waals surface area contributed by atoms with E-state index in [0.29, 0.717) is 6.61 Å². The van der Waals surface area contributed by atoms with Crippen molar-refractivity contribution in [3.8, 4) is 0 Å². The number of nitrogens with zero attached hydrogens (tertiary/aromatic N) is 2. The zero-order chi connectivity index (χ0) is 9.97. The van der Waals surface area contributed by atoms with Gasteiger partial charge in [-0.3, -0.25) is 0 Å². The average Bonchev–Trinajstić information content (AvgIpc) is 2.54. The Bertz CT molecular complexity index is 443. The van der Waals surface area contributed by atoms with Crippen LogP contribution in [-0.2, 0) is 0 Å². The molecule has 0 saturated carbocycles. The smallest absolute Gasteiger partial charge is 0.134 e. The summed E-state index contributed by atoms with van der Waals surface area (Å²) in [4.78, 5) is 7.02. The van der Waals surface area contributed by atoms with E-state index in [1.807, 2.05) is 24.3 Å². The summed E-state index contributed by atoms with van der Waals surface area (Å²) < 4.78 is 0.966. The first kappa shape index (κ1) is 10.2. The molecule has 0 aliphatic carbocycles. The fourth-order valence-corrected chi connectivity index (χ4v) is 2.02. The lowest BCUT2D eigenvalue weighted by Gasteiger charge is -2.02. The molecule has 1 heterocycles. The molecule has 74 valence electrons. The maximum atomic E-state index is 5.44. The summed E-state index contributed by atoms with van der Waals surface area (Å²) in [6.07, 6.45) is 0. The third kappa shape index (κ3) is 1.88. The Kier molecular flexibility index (Phi) is 3.27. The van der Waals surface area contributed by atoms with Gasteiger partial charge in [-0.05, 0) is 34.7 Å². The fraction of sp³-hybridized carbons (Fsp3) is 0.222. The Labute approximate surface area is 104 Å². The Morgan fingerprint density at radius 3 is 3.00 bits per heavy atom. The van der Waals surface area contributed by atoms with Crippen molar-refractivity contribution in [2.75, 3.05) is 11.9 Å². The number of benzene rings is 1. The summed E-state index contributed by atoms with van der Waals surface area (Å²) in [5.74, 6) is 0. The second-order valence-electron chi connectivity index (χ2n) is 2.70. The molecule has 0 saturated heterocycles. The molecule has 0 aliphatic rings. The molecule has 2 rings (SSSR count). The fourth-order valence-electron chi connectivity index (χ4n) is 1.22. The van der Waals surface area contributed by atoms with Crippen LogP contribution in [0.4, 0.5) is 0 Å². The van der Waals surface area contributed by atoms with E-state index >= 15 is 0 Å². The highest BCUT2D eigenvalue weighted by Crippen LogP contribution is 2.18. The summed E-state index contributed by atoms with van der Waals surface area (Å²) in [6, 6.07) is 8.02. The number of para-hydroxylation sites is 1. The van der Waals surface area contributed by atoms with Crippen molar-refractivity contribution in [3.63, 3.8) is 0 Å². The van der Waals surface area contributed by atoms with E-state index in [9.17, 15) is 0 Å². The summed E-state index contributed by atoms with van der Waals surface area (Å²) >= 11 is 5.52. The molecule has 0 atom stereocenters. The summed E-state index contributed by atoms with van der Waals surface area (Å²) in [7, 11) is 0. The Morgan fingerprint density at radius 2 is 2.21 bits per heavy atom. The van der Waals surface area contributed by atoms with E-state index < -0.39 is 0 Å². The molecule has 0 unspecified atom stereocenters.